The molecule has 1 atom stereocenters. The van der Waals surface area contributed by atoms with Gasteiger partial charge in [0.2, 0.25) is 0 Å². The van der Waals surface area contributed by atoms with Gasteiger partial charge in [-0.1, -0.05) is 18.2 Å². The summed E-state index contributed by atoms with van der Waals surface area (Å²) < 4.78 is 22.8. The van der Waals surface area contributed by atoms with E-state index in [1.165, 1.54) is 15.8 Å². The van der Waals surface area contributed by atoms with Gasteiger partial charge in [0, 0.05) is 37.8 Å². The van der Waals surface area contributed by atoms with Gasteiger partial charge in [0.25, 0.3) is 5.91 Å². The molecule has 3 rings (SSSR count). The van der Waals surface area contributed by atoms with Gasteiger partial charge in [-0.25, -0.2) is 9.18 Å². The average molecular weight is 457 g/mol. The van der Waals surface area contributed by atoms with Crippen LogP contribution in [-0.2, 0) is 4.74 Å². The van der Waals surface area contributed by atoms with Crippen molar-refractivity contribution in [2.75, 3.05) is 18.4 Å². The highest BCUT2D eigenvalue weighted by Crippen LogP contribution is 2.40. The van der Waals surface area contributed by atoms with Gasteiger partial charge in [-0.15, -0.1) is 0 Å². The van der Waals surface area contributed by atoms with E-state index >= 15 is 4.39 Å². The molecule has 0 spiro atoms. The minimum Gasteiger partial charge on any atom is -0.444 e. The number of nitrogens with zero attached hydrogens (tertiary/aromatic N) is 4. The number of carbonyl (C=O) groups excluding carboxylic acids is 2. The van der Waals surface area contributed by atoms with Crippen LogP contribution in [0.2, 0.25) is 0 Å². The summed E-state index contributed by atoms with van der Waals surface area (Å²) in [6.45, 7) is 5.60. The standard InChI is InChI=1S/C23H29FN6O3/c1-22(2,3)33-21(32)29-13-10-23(24,11-14-29)18(9-12-25)30-15-17(19(26)31)20(28-30)27-16-7-5-4-6-8-16/h4-8,15,18H,9-11,13-14H2,1-3H3,(H2,26,31)(H,27,28). The Bertz CT molecular complexity index is 1030. The number of amides is 2. The number of hydrogen-bond acceptors (Lipinski definition) is 6. The second-order valence-corrected chi connectivity index (χ2v) is 9.11. The molecule has 1 saturated heterocycles. The van der Waals surface area contributed by atoms with Crippen LogP contribution < -0.4 is 11.1 Å². The number of nitrogens with two attached hydrogens (primary N) is 1. The molecule has 0 bridgehead atoms. The maximum Gasteiger partial charge on any atom is 0.410 e. The van der Waals surface area contributed by atoms with Crippen molar-refractivity contribution in [1.29, 1.82) is 5.26 Å². The minimum atomic E-state index is -1.81. The van der Waals surface area contributed by atoms with Gasteiger partial charge in [0.05, 0.1) is 18.5 Å². The second-order valence-electron chi connectivity index (χ2n) is 9.11. The number of nitriles is 1. The molecular formula is C23H29FN6O3. The molecule has 0 aliphatic carbocycles. The normalized spacial score (nSPS) is 16.5. The molecule has 1 aliphatic heterocycles. The van der Waals surface area contributed by atoms with E-state index in [2.05, 4.69) is 10.4 Å². The van der Waals surface area contributed by atoms with Gasteiger partial charge in [-0.3, -0.25) is 9.48 Å². The largest absolute Gasteiger partial charge is 0.444 e. The van der Waals surface area contributed by atoms with Crippen molar-refractivity contribution in [1.82, 2.24) is 14.7 Å². The number of nitrogens with one attached hydrogen (secondary N) is 1. The average Bonchev–Trinajstić information content (AvgIpc) is 3.15. The summed E-state index contributed by atoms with van der Waals surface area (Å²) in [7, 11) is 0. The number of likely N-dealkylation sites (tertiary alicyclic amines) is 1. The van der Waals surface area contributed by atoms with Crippen molar-refractivity contribution < 1.29 is 18.7 Å². The number of ether oxygens (including phenoxy) is 1. The lowest BCUT2D eigenvalue weighted by atomic mass is 9.84. The fourth-order valence-electron chi connectivity index (χ4n) is 3.80. The van der Waals surface area contributed by atoms with Gasteiger partial charge >= 0.3 is 6.09 Å². The first kappa shape index (κ1) is 24.0. The molecule has 0 radical (unpaired) electrons. The number of primary amides is 1. The number of hydrogen-bond donors (Lipinski definition) is 2. The zero-order valence-electron chi connectivity index (χ0n) is 19.0. The second kappa shape index (κ2) is 9.48. The quantitative estimate of drug-likeness (QED) is 0.678. The zero-order valence-corrected chi connectivity index (χ0v) is 19.0. The molecular weight excluding hydrogens is 427 g/mol. The van der Waals surface area contributed by atoms with Crippen molar-refractivity contribution >= 4 is 23.5 Å². The molecule has 176 valence electrons. The zero-order chi connectivity index (χ0) is 24.2. The fourth-order valence-corrected chi connectivity index (χ4v) is 3.80. The lowest BCUT2D eigenvalue weighted by Gasteiger charge is -2.40. The van der Waals surface area contributed by atoms with Crippen LogP contribution in [0.25, 0.3) is 0 Å². The maximum absolute atomic E-state index is 16.1. The van der Waals surface area contributed by atoms with Gasteiger partial charge in [-0.05, 0) is 32.9 Å². The first-order valence-electron chi connectivity index (χ1n) is 10.8. The van der Waals surface area contributed by atoms with Crippen LogP contribution in [0.5, 0.6) is 0 Å². The molecule has 2 heterocycles. The van der Waals surface area contributed by atoms with Gasteiger partial charge in [-0.2, -0.15) is 10.4 Å². The van der Waals surface area contributed by atoms with E-state index in [1.54, 1.807) is 32.9 Å². The molecule has 10 heteroatoms. The Labute approximate surface area is 192 Å². The molecule has 1 unspecified atom stereocenters. The van der Waals surface area contributed by atoms with E-state index in [0.29, 0.717) is 5.69 Å². The van der Waals surface area contributed by atoms with E-state index < -0.39 is 29.3 Å². The van der Waals surface area contributed by atoms with Crippen LogP contribution in [-0.4, -0.2) is 51.0 Å². The van der Waals surface area contributed by atoms with Crippen LogP contribution in [0, 0.1) is 11.3 Å². The molecule has 1 aliphatic rings. The number of para-hydroxylation sites is 1. The van der Waals surface area contributed by atoms with Crippen LogP contribution in [0.4, 0.5) is 20.7 Å². The number of benzene rings is 1. The molecule has 2 aromatic rings. The fraction of sp³-hybridized carbons (Fsp3) is 0.478. The molecule has 9 nitrogen and oxygen atoms in total. The lowest BCUT2D eigenvalue weighted by molar-refractivity contribution is -0.0137. The summed E-state index contributed by atoms with van der Waals surface area (Å²) in [5.74, 6) is -0.533. The number of halogens is 1. The third-order valence-corrected chi connectivity index (χ3v) is 5.48. The third kappa shape index (κ3) is 5.80. The summed E-state index contributed by atoms with van der Waals surface area (Å²) in [6, 6.07) is 10.1. The van der Waals surface area contributed by atoms with Crippen molar-refractivity contribution in [3.8, 4) is 6.07 Å². The molecule has 0 saturated carbocycles. The van der Waals surface area contributed by atoms with Gasteiger partial charge < -0.3 is 20.7 Å². The van der Waals surface area contributed by atoms with Crippen LogP contribution in [0.3, 0.4) is 0 Å². The van der Waals surface area contributed by atoms with Gasteiger partial charge in [0.1, 0.15) is 16.8 Å². The first-order valence-corrected chi connectivity index (χ1v) is 10.8. The Morgan fingerprint density at radius 3 is 2.48 bits per heavy atom. The predicted octanol–water partition coefficient (Wildman–Crippen LogP) is 3.92. The van der Waals surface area contributed by atoms with Crippen LogP contribution in [0.1, 0.15) is 56.4 Å². The highest BCUT2D eigenvalue weighted by atomic mass is 19.1. The van der Waals surface area contributed by atoms with Crippen molar-refractivity contribution in [2.45, 2.75) is 57.3 Å². The maximum atomic E-state index is 16.1. The predicted molar refractivity (Wildman–Crippen MR) is 121 cm³/mol. The number of carbonyl (C=O) groups is 2. The Morgan fingerprint density at radius 2 is 1.94 bits per heavy atom. The summed E-state index contributed by atoms with van der Waals surface area (Å²) in [6.07, 6.45) is 0.730. The topological polar surface area (TPSA) is 126 Å². The number of aromatic nitrogens is 2. The number of piperidine rings is 1. The SMILES string of the molecule is CC(C)(C)OC(=O)N1CCC(F)(C(CC#N)n2cc(C(N)=O)c(Nc3ccccc3)n2)CC1. The third-order valence-electron chi connectivity index (χ3n) is 5.48. The molecule has 1 fully saturated rings. The smallest absolute Gasteiger partial charge is 0.410 e. The molecule has 3 N–H and O–H groups in total. The Morgan fingerprint density at radius 1 is 1.30 bits per heavy atom. The van der Waals surface area contributed by atoms with Crippen LogP contribution >= 0.6 is 0 Å². The Hall–Kier alpha value is -3.61. The van der Waals surface area contributed by atoms with Crippen LogP contribution in [0.15, 0.2) is 36.5 Å². The van der Waals surface area contributed by atoms with E-state index in [1.807, 2.05) is 24.3 Å². The Balaban J connectivity index is 1.83. The molecule has 1 aromatic heterocycles. The van der Waals surface area contributed by atoms with Crippen molar-refractivity contribution in [2.24, 2.45) is 5.73 Å². The monoisotopic (exact) mass is 456 g/mol. The summed E-state index contributed by atoms with van der Waals surface area (Å²) in [4.78, 5) is 25.8. The van der Waals surface area contributed by atoms with E-state index in [4.69, 9.17) is 10.5 Å². The van der Waals surface area contributed by atoms with Gasteiger partial charge in [0.15, 0.2) is 5.82 Å². The number of rotatable bonds is 6. The number of anilines is 2. The van der Waals surface area contributed by atoms with Crippen molar-refractivity contribution in [3.05, 3.63) is 42.1 Å². The Kier molecular flexibility index (Phi) is 6.91. The molecule has 2 amide bonds. The highest BCUT2D eigenvalue weighted by molar-refractivity contribution is 5.98. The summed E-state index contributed by atoms with van der Waals surface area (Å²) >= 11 is 0. The molecule has 1 aromatic carbocycles. The lowest BCUT2D eigenvalue weighted by Crippen LogP contribution is -2.49. The van der Waals surface area contributed by atoms with E-state index in [0.717, 1.165) is 0 Å². The number of alkyl halides is 1. The highest BCUT2D eigenvalue weighted by Gasteiger charge is 2.45. The minimum absolute atomic E-state index is 0.00576. The van der Waals surface area contributed by atoms with Crippen molar-refractivity contribution in [3.63, 3.8) is 0 Å². The summed E-state index contributed by atoms with van der Waals surface area (Å²) in [5, 5.41) is 16.8. The first-order chi connectivity index (χ1) is 15.5. The summed E-state index contributed by atoms with van der Waals surface area (Å²) in [5.41, 5.74) is 3.84. The van der Waals surface area contributed by atoms with E-state index in [-0.39, 0.29) is 43.7 Å². The molecule has 33 heavy (non-hydrogen) atoms. The van der Waals surface area contributed by atoms with E-state index in [9.17, 15) is 14.9 Å².